The van der Waals surface area contributed by atoms with Crippen LogP contribution >= 0.6 is 11.6 Å². The van der Waals surface area contributed by atoms with Crippen LogP contribution < -0.4 is 31.3 Å². The summed E-state index contributed by atoms with van der Waals surface area (Å²) >= 11 is 6.02. The van der Waals surface area contributed by atoms with Crippen LogP contribution in [0.3, 0.4) is 0 Å². The highest BCUT2D eigenvalue weighted by atomic mass is 35.5. The van der Waals surface area contributed by atoms with E-state index in [1.807, 2.05) is 32.9 Å². The normalized spacial score (nSPS) is 14.1. The second kappa shape index (κ2) is 15.3. The molecule has 0 radical (unpaired) electrons. The fraction of sp³-hybridized carbons (Fsp3) is 0.419. The number of benzene rings is 2. The van der Waals surface area contributed by atoms with E-state index in [1.165, 1.54) is 0 Å². The van der Waals surface area contributed by atoms with Crippen molar-refractivity contribution < 1.29 is 32.3 Å². The number of anilines is 3. The number of hydrogen-bond donors (Lipinski definition) is 5. The Bertz CT molecular complexity index is 1550. The van der Waals surface area contributed by atoms with Crippen LogP contribution in [0.25, 0.3) is 0 Å². The Hall–Kier alpha value is -4.66. The maximum atomic E-state index is 12.9. The molecule has 1 aliphatic rings. The van der Waals surface area contributed by atoms with Crippen molar-refractivity contribution >= 4 is 46.9 Å². The number of nitrogens with one attached hydrogen (secondary N) is 5. The third-order valence-corrected chi connectivity index (χ3v) is 7.23. The van der Waals surface area contributed by atoms with Gasteiger partial charge in [0.25, 0.3) is 5.91 Å². The molecule has 16 heteroatoms. The molecule has 0 saturated heterocycles. The second-order valence-electron chi connectivity index (χ2n) is 11.7. The van der Waals surface area contributed by atoms with Crippen LogP contribution in [0.2, 0.25) is 5.02 Å². The molecule has 1 unspecified atom stereocenters. The molecule has 12 nitrogen and oxygen atoms in total. The number of ether oxygens (including phenoxy) is 1. The average Bonchev–Trinajstić information content (AvgIpc) is 3.80. The fourth-order valence-electron chi connectivity index (χ4n) is 4.27. The van der Waals surface area contributed by atoms with Crippen LogP contribution in [0.15, 0.2) is 48.5 Å². The molecule has 1 atom stereocenters. The first-order chi connectivity index (χ1) is 22.2. The Labute approximate surface area is 274 Å². The Balaban J connectivity index is 1.36. The highest BCUT2D eigenvalue weighted by molar-refractivity contribution is 6.35. The van der Waals surface area contributed by atoms with Gasteiger partial charge in [0.1, 0.15) is 0 Å². The SMILES string of the molecule is CC(C)CNC(=O)C(=O)NCC(C)CNC(=O)c1ccc(Nc2nc(NC3(c4ccc(Cl)cc4)CC3)nc(OCC(F)(F)F)n2)cc1. The van der Waals surface area contributed by atoms with E-state index in [2.05, 4.69) is 41.5 Å². The lowest BCUT2D eigenvalue weighted by Crippen LogP contribution is -2.43. The summed E-state index contributed by atoms with van der Waals surface area (Å²) in [7, 11) is 0. The van der Waals surface area contributed by atoms with Crippen molar-refractivity contribution in [2.24, 2.45) is 11.8 Å². The monoisotopic (exact) mass is 676 g/mol. The molecule has 0 spiro atoms. The average molecular weight is 677 g/mol. The van der Waals surface area contributed by atoms with Crippen LogP contribution in [-0.2, 0) is 15.1 Å². The van der Waals surface area contributed by atoms with Crippen LogP contribution in [0, 0.1) is 11.8 Å². The van der Waals surface area contributed by atoms with Gasteiger partial charge >= 0.3 is 24.0 Å². The van der Waals surface area contributed by atoms with Gasteiger partial charge in [0.15, 0.2) is 6.61 Å². The molecule has 3 aromatic rings. The van der Waals surface area contributed by atoms with E-state index in [4.69, 9.17) is 16.3 Å². The Morgan fingerprint density at radius 1 is 0.851 bits per heavy atom. The van der Waals surface area contributed by atoms with Crippen LogP contribution in [0.5, 0.6) is 6.01 Å². The number of alkyl halides is 3. The van der Waals surface area contributed by atoms with Gasteiger partial charge in [0, 0.05) is 35.9 Å². The predicted octanol–water partition coefficient (Wildman–Crippen LogP) is 4.57. The first kappa shape index (κ1) is 35.2. The van der Waals surface area contributed by atoms with E-state index in [0.717, 1.165) is 18.4 Å². The summed E-state index contributed by atoms with van der Waals surface area (Å²) in [5.41, 5.74) is 1.20. The van der Waals surface area contributed by atoms with Gasteiger partial charge in [0.05, 0.1) is 5.54 Å². The molecule has 1 fully saturated rings. The van der Waals surface area contributed by atoms with E-state index in [0.29, 0.717) is 22.8 Å². The molecule has 0 bridgehead atoms. The Kier molecular flexibility index (Phi) is 11.4. The van der Waals surface area contributed by atoms with Gasteiger partial charge in [-0.2, -0.15) is 28.1 Å². The van der Waals surface area contributed by atoms with Crippen LogP contribution in [-0.4, -0.2) is 65.1 Å². The first-order valence-corrected chi connectivity index (χ1v) is 15.3. The quantitative estimate of drug-likeness (QED) is 0.154. The zero-order valence-electron chi connectivity index (χ0n) is 26.0. The maximum absolute atomic E-state index is 12.9. The van der Waals surface area contributed by atoms with Gasteiger partial charge in [-0.3, -0.25) is 14.4 Å². The maximum Gasteiger partial charge on any atom is 0.422 e. The fourth-order valence-corrected chi connectivity index (χ4v) is 4.40. The molecule has 0 aliphatic heterocycles. The van der Waals surface area contributed by atoms with Crippen molar-refractivity contribution in [1.82, 2.24) is 30.9 Å². The number of aromatic nitrogens is 3. The van der Waals surface area contributed by atoms with Gasteiger partial charge in [-0.25, -0.2) is 0 Å². The molecule has 252 valence electrons. The number of carbonyl (C=O) groups is 3. The Morgan fingerprint density at radius 3 is 2.04 bits per heavy atom. The van der Waals surface area contributed by atoms with E-state index in [-0.39, 0.29) is 42.7 Å². The highest BCUT2D eigenvalue weighted by Crippen LogP contribution is 2.48. The molecule has 1 aromatic heterocycles. The standard InChI is InChI=1S/C31H36ClF3N8O4/c1-18(2)14-36-25(45)26(46)38-16-19(3)15-37-24(44)20-4-10-23(11-5-20)39-27-40-28(42-29(41-27)47-17-31(33,34)35)43-30(12-13-30)21-6-8-22(32)9-7-21/h4-11,18-19H,12-17H2,1-3H3,(H,36,45)(H,37,44)(H,38,46)(H2,39,40,41,42,43). The lowest BCUT2D eigenvalue weighted by atomic mass is 10.1. The molecular formula is C31H36ClF3N8O4. The molecule has 1 heterocycles. The summed E-state index contributed by atoms with van der Waals surface area (Å²) < 4.78 is 43.4. The summed E-state index contributed by atoms with van der Waals surface area (Å²) in [5.74, 6) is -1.80. The van der Waals surface area contributed by atoms with Gasteiger partial charge in [-0.15, -0.1) is 0 Å². The van der Waals surface area contributed by atoms with Crippen molar-refractivity contribution in [3.05, 3.63) is 64.7 Å². The molecule has 47 heavy (non-hydrogen) atoms. The number of rotatable bonds is 14. The van der Waals surface area contributed by atoms with Gasteiger partial charge in [-0.1, -0.05) is 44.5 Å². The third-order valence-electron chi connectivity index (χ3n) is 6.98. The molecule has 5 N–H and O–H groups in total. The van der Waals surface area contributed by atoms with E-state index >= 15 is 0 Å². The molecular weight excluding hydrogens is 641 g/mol. The van der Waals surface area contributed by atoms with E-state index < -0.39 is 36.1 Å². The number of carbonyl (C=O) groups excluding carboxylic acids is 3. The van der Waals surface area contributed by atoms with Gasteiger partial charge in [0.2, 0.25) is 11.9 Å². The highest BCUT2D eigenvalue weighted by Gasteiger charge is 2.45. The predicted molar refractivity (Wildman–Crippen MR) is 169 cm³/mol. The van der Waals surface area contributed by atoms with E-state index in [1.54, 1.807) is 36.4 Å². The third kappa shape index (κ3) is 11.0. The number of halogens is 4. The summed E-state index contributed by atoms with van der Waals surface area (Å²) in [5, 5.41) is 14.6. The van der Waals surface area contributed by atoms with Crippen LogP contribution in [0.4, 0.5) is 30.8 Å². The largest absolute Gasteiger partial charge is 0.454 e. The lowest BCUT2D eigenvalue weighted by molar-refractivity contribution is -0.154. The Morgan fingerprint density at radius 2 is 1.45 bits per heavy atom. The zero-order valence-corrected chi connectivity index (χ0v) is 26.8. The summed E-state index contributed by atoms with van der Waals surface area (Å²) in [6.07, 6.45) is -3.11. The number of amides is 3. The van der Waals surface area contributed by atoms with Crippen molar-refractivity contribution in [3.63, 3.8) is 0 Å². The second-order valence-corrected chi connectivity index (χ2v) is 12.2. The van der Waals surface area contributed by atoms with Crippen molar-refractivity contribution in [2.75, 3.05) is 36.9 Å². The molecule has 1 saturated carbocycles. The minimum Gasteiger partial charge on any atom is -0.454 e. The minimum atomic E-state index is -4.60. The van der Waals surface area contributed by atoms with Gasteiger partial charge < -0.3 is 31.3 Å². The summed E-state index contributed by atoms with van der Waals surface area (Å²) in [4.78, 5) is 48.8. The number of nitrogens with zero attached hydrogens (tertiary/aromatic N) is 3. The van der Waals surface area contributed by atoms with Crippen molar-refractivity contribution in [1.29, 1.82) is 0 Å². The zero-order chi connectivity index (χ0) is 34.2. The van der Waals surface area contributed by atoms with Crippen molar-refractivity contribution in [2.45, 2.75) is 45.3 Å². The summed E-state index contributed by atoms with van der Waals surface area (Å²) in [6.45, 7) is 4.88. The smallest absolute Gasteiger partial charge is 0.422 e. The van der Waals surface area contributed by atoms with Crippen LogP contribution in [0.1, 0.15) is 49.5 Å². The molecule has 1 aliphatic carbocycles. The summed E-state index contributed by atoms with van der Waals surface area (Å²) in [6, 6.07) is 12.9. The first-order valence-electron chi connectivity index (χ1n) is 14.9. The van der Waals surface area contributed by atoms with Crippen molar-refractivity contribution in [3.8, 4) is 6.01 Å². The van der Waals surface area contributed by atoms with Gasteiger partial charge in [-0.05, 0) is 66.6 Å². The topological polar surface area (TPSA) is 159 Å². The number of hydrogen-bond acceptors (Lipinski definition) is 9. The molecule has 4 rings (SSSR count). The molecule has 2 aromatic carbocycles. The minimum absolute atomic E-state index is 0.0182. The van der Waals surface area contributed by atoms with E-state index in [9.17, 15) is 27.6 Å². The molecule has 3 amide bonds. The lowest BCUT2D eigenvalue weighted by Gasteiger charge is -2.19.